The fraction of sp³-hybridized carbons (Fsp3) is 0.500. The van der Waals surface area contributed by atoms with Gasteiger partial charge in [0.15, 0.2) is 5.78 Å². The lowest BCUT2D eigenvalue weighted by atomic mass is 10.0. The summed E-state index contributed by atoms with van der Waals surface area (Å²) >= 11 is 0. The van der Waals surface area contributed by atoms with Crippen LogP contribution in [0.1, 0.15) is 25.5 Å². The number of carbonyl (C=O) groups excluding carboxylic acids is 1. The van der Waals surface area contributed by atoms with Crippen LogP contribution in [0.25, 0.3) is 0 Å². The lowest BCUT2D eigenvalue weighted by Gasteiger charge is -2.07. The van der Waals surface area contributed by atoms with Crippen LogP contribution in [-0.2, 0) is 11.2 Å². The topological polar surface area (TPSA) is 58.1 Å². The number of nitrogens with one attached hydrogen (secondary N) is 1. The van der Waals surface area contributed by atoms with Gasteiger partial charge in [0, 0.05) is 19.0 Å². The van der Waals surface area contributed by atoms with Crippen molar-refractivity contribution >= 4 is 12.5 Å². The Hall–Kier alpha value is -1.45. The number of rotatable bonds is 6. The minimum absolute atomic E-state index is 0.144. The summed E-state index contributed by atoms with van der Waals surface area (Å²) in [4.78, 5) is 22.3. The van der Waals surface area contributed by atoms with Gasteiger partial charge in [0.25, 0.3) is 0 Å². The van der Waals surface area contributed by atoms with E-state index >= 15 is 0 Å². The van der Waals surface area contributed by atoms with Gasteiger partial charge < -0.3 is 4.98 Å². The molecule has 0 aromatic carbocycles. The van der Waals surface area contributed by atoms with E-state index in [4.69, 9.17) is 0 Å². The highest BCUT2D eigenvalue weighted by atomic mass is 16.1. The van der Waals surface area contributed by atoms with E-state index in [9.17, 15) is 4.79 Å². The number of hydrogen-bond donors (Lipinski definition) is 1. The Kier molecular flexibility index (Phi) is 4.04. The van der Waals surface area contributed by atoms with Crippen LogP contribution in [0.4, 0.5) is 0 Å². The van der Waals surface area contributed by atoms with Gasteiger partial charge in [-0.2, -0.15) is 0 Å². The zero-order chi connectivity index (χ0) is 10.4. The molecule has 0 saturated heterocycles. The lowest BCUT2D eigenvalue weighted by Crippen LogP contribution is -2.20. The Balaban J connectivity index is 2.55. The van der Waals surface area contributed by atoms with E-state index in [1.807, 2.05) is 6.92 Å². The van der Waals surface area contributed by atoms with Crippen LogP contribution in [-0.4, -0.2) is 28.5 Å². The molecule has 4 heteroatoms. The van der Waals surface area contributed by atoms with Crippen molar-refractivity contribution in [2.45, 2.75) is 32.2 Å². The molecular weight excluding hydrogens is 178 g/mol. The Bertz CT molecular complexity index is 292. The van der Waals surface area contributed by atoms with Crippen LogP contribution in [0.2, 0.25) is 0 Å². The second-order valence-electron chi connectivity index (χ2n) is 3.18. The first-order valence-electron chi connectivity index (χ1n) is 4.74. The van der Waals surface area contributed by atoms with Crippen LogP contribution in [0.15, 0.2) is 17.5 Å². The van der Waals surface area contributed by atoms with Gasteiger partial charge in [-0.25, -0.2) is 4.98 Å². The van der Waals surface area contributed by atoms with E-state index in [0.29, 0.717) is 12.8 Å². The van der Waals surface area contributed by atoms with E-state index in [2.05, 4.69) is 21.7 Å². The van der Waals surface area contributed by atoms with Gasteiger partial charge in [0.1, 0.15) is 6.04 Å². The molecule has 0 radical (unpaired) electrons. The number of Topliss-reactive ketones (excluding diaryl/α,β-unsaturated/α-hetero) is 1. The van der Waals surface area contributed by atoms with E-state index in [0.717, 1.165) is 12.1 Å². The van der Waals surface area contributed by atoms with Crippen molar-refractivity contribution in [2.24, 2.45) is 4.99 Å². The number of ketones is 1. The molecule has 0 aliphatic carbocycles. The molecular formula is C10H15N3O. The van der Waals surface area contributed by atoms with Crippen molar-refractivity contribution in [2.75, 3.05) is 0 Å². The molecule has 4 nitrogen and oxygen atoms in total. The van der Waals surface area contributed by atoms with Crippen LogP contribution in [0.5, 0.6) is 0 Å². The predicted octanol–water partition coefficient (Wildman–Crippen LogP) is 1.39. The highest BCUT2D eigenvalue weighted by Crippen LogP contribution is 2.06. The largest absolute Gasteiger partial charge is 0.351 e. The summed E-state index contributed by atoms with van der Waals surface area (Å²) in [6.07, 6.45) is 5.34. The molecule has 0 fully saturated rings. The number of H-pyrrole nitrogens is 1. The summed E-state index contributed by atoms with van der Waals surface area (Å²) in [7, 11) is 0. The minimum Gasteiger partial charge on any atom is -0.351 e. The molecule has 1 heterocycles. The molecule has 1 N–H and O–H groups in total. The summed E-state index contributed by atoms with van der Waals surface area (Å²) in [5.41, 5.74) is 0.854. The number of aromatic amines is 1. The average Bonchev–Trinajstić information content (AvgIpc) is 2.66. The van der Waals surface area contributed by atoms with E-state index < -0.39 is 0 Å². The fourth-order valence-electron chi connectivity index (χ4n) is 1.29. The number of nitrogens with zero attached hydrogens (tertiary/aromatic N) is 2. The maximum Gasteiger partial charge on any atom is 0.157 e. The van der Waals surface area contributed by atoms with Crippen molar-refractivity contribution in [3.05, 3.63) is 18.2 Å². The number of aromatic nitrogens is 2. The fourth-order valence-corrected chi connectivity index (χ4v) is 1.29. The Morgan fingerprint density at radius 3 is 3.07 bits per heavy atom. The number of aliphatic imine (C=N–C) groups is 1. The van der Waals surface area contributed by atoms with Crippen LogP contribution < -0.4 is 0 Å². The first-order chi connectivity index (χ1) is 6.77. The molecule has 0 amide bonds. The normalized spacial score (nSPS) is 12.4. The van der Waals surface area contributed by atoms with Crippen LogP contribution in [0.3, 0.4) is 0 Å². The van der Waals surface area contributed by atoms with Gasteiger partial charge in [-0.05, 0) is 13.1 Å². The SMILES string of the molecule is C=N[C@@H](Cc1c[nH]cn1)C(=O)CCC. The summed E-state index contributed by atoms with van der Waals surface area (Å²) in [5, 5.41) is 0. The van der Waals surface area contributed by atoms with Crippen molar-refractivity contribution in [3.63, 3.8) is 0 Å². The Labute approximate surface area is 83.5 Å². The van der Waals surface area contributed by atoms with Gasteiger partial charge in [0.05, 0.1) is 12.0 Å². The molecule has 0 unspecified atom stereocenters. The van der Waals surface area contributed by atoms with E-state index in [-0.39, 0.29) is 11.8 Å². The van der Waals surface area contributed by atoms with Crippen molar-refractivity contribution in [1.29, 1.82) is 0 Å². The molecule has 0 saturated carbocycles. The molecule has 76 valence electrons. The second kappa shape index (κ2) is 5.32. The molecule has 0 bridgehead atoms. The summed E-state index contributed by atoms with van der Waals surface area (Å²) in [5.74, 6) is 0.144. The molecule has 1 atom stereocenters. The van der Waals surface area contributed by atoms with Gasteiger partial charge in [0.2, 0.25) is 0 Å². The molecule has 0 aliphatic rings. The number of imidazole rings is 1. The highest BCUT2D eigenvalue weighted by Gasteiger charge is 2.16. The summed E-state index contributed by atoms with van der Waals surface area (Å²) in [6.45, 7) is 5.41. The molecule has 1 aromatic heterocycles. The summed E-state index contributed by atoms with van der Waals surface area (Å²) < 4.78 is 0. The van der Waals surface area contributed by atoms with Gasteiger partial charge in [-0.3, -0.25) is 9.79 Å². The van der Waals surface area contributed by atoms with Gasteiger partial charge in [-0.1, -0.05) is 6.92 Å². The van der Waals surface area contributed by atoms with Crippen LogP contribution >= 0.6 is 0 Å². The first-order valence-corrected chi connectivity index (χ1v) is 4.74. The molecule has 1 rings (SSSR count). The smallest absolute Gasteiger partial charge is 0.157 e. The Morgan fingerprint density at radius 2 is 2.57 bits per heavy atom. The quantitative estimate of drug-likeness (QED) is 0.694. The monoisotopic (exact) mass is 193 g/mol. The second-order valence-corrected chi connectivity index (χ2v) is 3.18. The lowest BCUT2D eigenvalue weighted by molar-refractivity contribution is -0.120. The molecule has 14 heavy (non-hydrogen) atoms. The molecule has 0 aliphatic heterocycles. The predicted molar refractivity (Wildman–Crippen MR) is 55.5 cm³/mol. The number of hydrogen-bond acceptors (Lipinski definition) is 3. The average molecular weight is 193 g/mol. The standard InChI is InChI=1S/C10H15N3O/c1-3-4-10(14)9(11-2)5-8-6-12-7-13-8/h6-7,9H,2-5H2,1H3,(H,12,13)/t9-/m0/s1. The van der Waals surface area contributed by atoms with Gasteiger partial charge in [-0.15, -0.1) is 0 Å². The van der Waals surface area contributed by atoms with Crippen molar-refractivity contribution < 1.29 is 4.79 Å². The zero-order valence-electron chi connectivity index (χ0n) is 8.36. The minimum atomic E-state index is -0.335. The van der Waals surface area contributed by atoms with Crippen LogP contribution in [0, 0.1) is 0 Å². The Morgan fingerprint density at radius 1 is 1.79 bits per heavy atom. The maximum atomic E-state index is 11.5. The number of carbonyl (C=O) groups is 1. The van der Waals surface area contributed by atoms with Crippen molar-refractivity contribution in [3.8, 4) is 0 Å². The maximum absolute atomic E-state index is 11.5. The van der Waals surface area contributed by atoms with Crippen molar-refractivity contribution in [1.82, 2.24) is 9.97 Å². The third-order valence-electron chi connectivity index (χ3n) is 2.05. The highest BCUT2D eigenvalue weighted by molar-refractivity contribution is 5.84. The van der Waals surface area contributed by atoms with E-state index in [1.54, 1.807) is 12.5 Å². The third-order valence-corrected chi connectivity index (χ3v) is 2.05. The van der Waals surface area contributed by atoms with E-state index in [1.165, 1.54) is 0 Å². The molecule has 0 spiro atoms. The third kappa shape index (κ3) is 2.80. The summed E-state index contributed by atoms with van der Waals surface area (Å²) in [6, 6.07) is -0.335. The zero-order valence-corrected chi connectivity index (χ0v) is 8.36. The van der Waals surface area contributed by atoms with Gasteiger partial charge >= 0.3 is 0 Å². The first kappa shape index (κ1) is 10.6. The molecule has 1 aromatic rings.